The Labute approximate surface area is 200 Å². The molecule has 0 saturated carbocycles. The van der Waals surface area contributed by atoms with Gasteiger partial charge in [-0.2, -0.15) is 0 Å². The maximum absolute atomic E-state index is 6.37. The molecule has 0 radical (unpaired) electrons. The smallest absolute Gasteiger partial charge is 0.231 e. The van der Waals surface area contributed by atoms with Gasteiger partial charge in [0.2, 0.25) is 6.79 Å². The number of pyridine rings is 1. The van der Waals surface area contributed by atoms with E-state index in [2.05, 4.69) is 10.3 Å². The van der Waals surface area contributed by atoms with Gasteiger partial charge in [-0.05, 0) is 72.9 Å². The van der Waals surface area contributed by atoms with Crippen LogP contribution < -0.4 is 19.7 Å². The van der Waals surface area contributed by atoms with Gasteiger partial charge in [-0.3, -0.25) is 4.98 Å². The van der Waals surface area contributed by atoms with Crippen LogP contribution in [0.15, 0.2) is 83.4 Å². The third-order valence-corrected chi connectivity index (χ3v) is 6.35. The van der Waals surface area contributed by atoms with Gasteiger partial charge in [-0.1, -0.05) is 17.7 Å². The van der Waals surface area contributed by atoms with Crippen LogP contribution in [0.2, 0.25) is 5.02 Å². The van der Waals surface area contributed by atoms with Crippen molar-refractivity contribution in [1.82, 2.24) is 10.3 Å². The van der Waals surface area contributed by atoms with Crippen molar-refractivity contribution in [3.63, 3.8) is 0 Å². The first-order chi connectivity index (χ1) is 16.2. The van der Waals surface area contributed by atoms with E-state index in [0.29, 0.717) is 15.9 Å². The number of hydrogen-bond donors (Lipinski definition) is 1. The van der Waals surface area contributed by atoms with Crippen molar-refractivity contribution < 1.29 is 13.9 Å². The van der Waals surface area contributed by atoms with Crippen LogP contribution in [0.5, 0.6) is 11.5 Å². The van der Waals surface area contributed by atoms with Crippen molar-refractivity contribution in [2.45, 2.75) is 12.1 Å². The van der Waals surface area contributed by atoms with Crippen LogP contribution in [-0.4, -0.2) is 16.9 Å². The van der Waals surface area contributed by atoms with Crippen molar-refractivity contribution in [2.75, 3.05) is 11.7 Å². The average molecular weight is 476 g/mol. The normalized spacial score (nSPS) is 19.1. The highest BCUT2D eigenvalue weighted by Gasteiger charge is 2.43. The predicted molar refractivity (Wildman–Crippen MR) is 130 cm³/mol. The van der Waals surface area contributed by atoms with Crippen LogP contribution in [0.3, 0.4) is 0 Å². The molecule has 2 aromatic heterocycles. The van der Waals surface area contributed by atoms with Gasteiger partial charge in [0.1, 0.15) is 17.6 Å². The second kappa shape index (κ2) is 8.10. The minimum absolute atomic E-state index is 0.201. The predicted octanol–water partition coefficient (Wildman–Crippen LogP) is 5.90. The van der Waals surface area contributed by atoms with Crippen LogP contribution in [0.25, 0.3) is 11.3 Å². The highest BCUT2D eigenvalue weighted by atomic mass is 35.5. The molecular weight excluding hydrogens is 458 g/mol. The molecule has 2 aliphatic rings. The van der Waals surface area contributed by atoms with Gasteiger partial charge in [0, 0.05) is 28.5 Å². The number of nitrogens with one attached hydrogen (secondary N) is 1. The highest BCUT2D eigenvalue weighted by Crippen LogP contribution is 2.45. The largest absolute Gasteiger partial charge is 0.459 e. The zero-order valence-electron chi connectivity index (χ0n) is 17.3. The van der Waals surface area contributed by atoms with E-state index in [-0.39, 0.29) is 18.9 Å². The fourth-order valence-corrected chi connectivity index (χ4v) is 4.71. The maximum Gasteiger partial charge on any atom is 0.231 e. The monoisotopic (exact) mass is 475 g/mol. The second-order valence-electron chi connectivity index (χ2n) is 7.74. The van der Waals surface area contributed by atoms with Crippen molar-refractivity contribution >= 4 is 34.6 Å². The molecule has 0 amide bonds. The number of thiocarbonyl (C=S) groups is 1. The van der Waals surface area contributed by atoms with E-state index in [0.717, 1.165) is 34.2 Å². The maximum atomic E-state index is 6.37. The molecule has 0 bridgehead atoms. The molecule has 2 atom stereocenters. The first-order valence-electron chi connectivity index (χ1n) is 10.4. The van der Waals surface area contributed by atoms with Crippen molar-refractivity contribution in [2.24, 2.45) is 0 Å². The molecule has 0 aliphatic carbocycles. The number of hydrogen-bond acceptors (Lipinski definition) is 5. The first-order valence-corrected chi connectivity index (χ1v) is 11.2. The number of fused-ring (bicyclic) bond motifs is 1. The molecule has 2 aromatic carbocycles. The summed E-state index contributed by atoms with van der Waals surface area (Å²) >= 11 is 11.8. The summed E-state index contributed by atoms with van der Waals surface area (Å²) < 4.78 is 17.4. The van der Waals surface area contributed by atoms with E-state index >= 15 is 0 Å². The first kappa shape index (κ1) is 20.1. The number of furan rings is 1. The molecule has 2 unspecified atom stereocenters. The highest BCUT2D eigenvalue weighted by molar-refractivity contribution is 7.80. The molecule has 164 valence electrons. The summed E-state index contributed by atoms with van der Waals surface area (Å²) in [6, 6.07) is 22.7. The molecule has 4 aromatic rings. The molecule has 1 saturated heterocycles. The SMILES string of the molecule is S=C1NC(c2ccccn2)C(c2ccc(-c3ccc(Cl)cc3)o2)N1c1ccc2c(c1)OCO2. The minimum Gasteiger partial charge on any atom is -0.459 e. The third kappa shape index (κ3) is 3.59. The molecule has 4 heterocycles. The van der Waals surface area contributed by atoms with Crippen molar-refractivity contribution in [3.05, 3.63) is 95.5 Å². The lowest BCUT2D eigenvalue weighted by atomic mass is 10.0. The van der Waals surface area contributed by atoms with Gasteiger partial charge in [-0.15, -0.1) is 0 Å². The van der Waals surface area contributed by atoms with E-state index < -0.39 is 0 Å². The summed E-state index contributed by atoms with van der Waals surface area (Å²) in [6.45, 7) is 0.212. The quantitative estimate of drug-likeness (QED) is 0.369. The van der Waals surface area contributed by atoms with Gasteiger partial charge in [-0.25, -0.2) is 0 Å². The number of anilines is 1. The van der Waals surface area contributed by atoms with E-state index in [4.69, 9.17) is 37.7 Å². The van der Waals surface area contributed by atoms with E-state index in [1.807, 2.05) is 77.7 Å². The molecule has 0 spiro atoms. The minimum atomic E-state index is -0.256. The van der Waals surface area contributed by atoms with Crippen LogP contribution in [0.4, 0.5) is 5.69 Å². The summed E-state index contributed by atoms with van der Waals surface area (Å²) in [6.07, 6.45) is 1.78. The molecule has 1 fully saturated rings. The molecule has 1 N–H and O–H groups in total. The average Bonchev–Trinajstić information content (AvgIpc) is 3.58. The number of ether oxygens (including phenoxy) is 2. The fourth-order valence-electron chi connectivity index (χ4n) is 4.24. The fraction of sp³-hybridized carbons (Fsp3) is 0.120. The second-order valence-corrected chi connectivity index (χ2v) is 8.57. The lowest BCUT2D eigenvalue weighted by molar-refractivity contribution is 0.174. The van der Waals surface area contributed by atoms with Crippen LogP contribution in [0, 0.1) is 0 Å². The van der Waals surface area contributed by atoms with Crippen molar-refractivity contribution in [3.8, 4) is 22.8 Å². The summed E-state index contributed by atoms with van der Waals surface area (Å²) in [5.74, 6) is 2.93. The van der Waals surface area contributed by atoms with Crippen LogP contribution >= 0.6 is 23.8 Å². The Hall–Kier alpha value is -3.55. The summed E-state index contributed by atoms with van der Waals surface area (Å²) in [4.78, 5) is 6.62. The standard InChI is InChI=1S/C25H18ClN3O3S/c26-16-6-4-15(5-7-16)19-10-11-21(32-19)24-23(18-3-1-2-12-27-18)28-25(33)29(24)17-8-9-20-22(13-17)31-14-30-20/h1-13,23-24H,14H2,(H,28,33). The van der Waals surface area contributed by atoms with Crippen LogP contribution in [0.1, 0.15) is 23.5 Å². The Balaban J connectivity index is 1.44. The Morgan fingerprint density at radius 3 is 2.64 bits per heavy atom. The lowest BCUT2D eigenvalue weighted by Gasteiger charge is -2.26. The number of nitrogens with zero attached hydrogens (tertiary/aromatic N) is 2. The Morgan fingerprint density at radius 2 is 1.82 bits per heavy atom. The number of rotatable bonds is 4. The van der Waals surface area contributed by atoms with Crippen molar-refractivity contribution in [1.29, 1.82) is 0 Å². The Morgan fingerprint density at radius 1 is 0.970 bits per heavy atom. The number of halogens is 1. The van der Waals surface area contributed by atoms with Gasteiger partial charge in [0.05, 0.1) is 11.7 Å². The van der Waals surface area contributed by atoms with Gasteiger partial charge >= 0.3 is 0 Å². The lowest BCUT2D eigenvalue weighted by Crippen LogP contribution is -2.29. The van der Waals surface area contributed by atoms with E-state index in [1.165, 1.54) is 0 Å². The Kier molecular flexibility index (Phi) is 4.93. The Bertz CT molecular complexity index is 1330. The zero-order valence-corrected chi connectivity index (χ0v) is 18.8. The third-order valence-electron chi connectivity index (χ3n) is 5.78. The molecule has 8 heteroatoms. The van der Waals surface area contributed by atoms with Gasteiger partial charge < -0.3 is 24.1 Å². The molecule has 33 heavy (non-hydrogen) atoms. The summed E-state index contributed by atoms with van der Waals surface area (Å²) in [7, 11) is 0. The topological polar surface area (TPSA) is 59.8 Å². The summed E-state index contributed by atoms with van der Waals surface area (Å²) in [5.41, 5.74) is 2.70. The summed E-state index contributed by atoms with van der Waals surface area (Å²) in [5, 5.41) is 4.70. The van der Waals surface area contributed by atoms with Gasteiger partial charge in [0.25, 0.3) is 0 Å². The molecule has 6 rings (SSSR count). The number of benzene rings is 2. The molecular formula is C25H18ClN3O3S. The molecule has 6 nitrogen and oxygen atoms in total. The zero-order chi connectivity index (χ0) is 22.4. The van der Waals surface area contributed by atoms with E-state index in [1.54, 1.807) is 6.20 Å². The van der Waals surface area contributed by atoms with Gasteiger partial charge in [0.15, 0.2) is 16.6 Å². The van der Waals surface area contributed by atoms with E-state index in [9.17, 15) is 0 Å². The molecule has 2 aliphatic heterocycles. The number of aromatic nitrogens is 1. The van der Waals surface area contributed by atoms with Crippen LogP contribution in [-0.2, 0) is 0 Å².